The molecule has 5 heteroatoms. The second-order valence-electron chi connectivity index (χ2n) is 5.87. The predicted molar refractivity (Wildman–Crippen MR) is 88.0 cm³/mol. The van der Waals surface area contributed by atoms with Gasteiger partial charge in [-0.25, -0.2) is 0 Å². The van der Waals surface area contributed by atoms with Crippen LogP contribution in [0, 0.1) is 0 Å². The molecule has 0 aromatic heterocycles. The molecule has 1 aliphatic carbocycles. The summed E-state index contributed by atoms with van der Waals surface area (Å²) in [5, 5.41) is 6.14. The molecule has 1 atom stereocenters. The third kappa shape index (κ3) is 4.73. The lowest BCUT2D eigenvalue weighted by atomic mass is 10.1. The van der Waals surface area contributed by atoms with Gasteiger partial charge in [0.15, 0.2) is 0 Å². The van der Waals surface area contributed by atoms with E-state index in [-0.39, 0.29) is 17.9 Å². The van der Waals surface area contributed by atoms with Crippen LogP contribution < -0.4 is 10.6 Å². The molecular weight excluding hydrogens is 300 g/mol. The maximum atomic E-state index is 12.2. The molecule has 4 nitrogen and oxygen atoms in total. The predicted octanol–water partition coefficient (Wildman–Crippen LogP) is 3.30. The Balaban J connectivity index is 1.88. The van der Waals surface area contributed by atoms with Crippen molar-refractivity contribution in [2.24, 2.45) is 0 Å². The maximum Gasteiger partial charge on any atom is 0.253 e. The van der Waals surface area contributed by atoms with E-state index >= 15 is 0 Å². The van der Waals surface area contributed by atoms with E-state index in [0.717, 1.165) is 25.7 Å². The highest BCUT2D eigenvalue weighted by Gasteiger charge is 2.21. The maximum absolute atomic E-state index is 12.2. The summed E-state index contributed by atoms with van der Waals surface area (Å²) in [6, 6.07) is 6.47. The molecule has 1 saturated carbocycles. The van der Waals surface area contributed by atoms with Crippen LogP contribution in [0.4, 0.5) is 0 Å². The van der Waals surface area contributed by atoms with Crippen molar-refractivity contribution < 1.29 is 9.59 Å². The number of hydrogen-bond donors (Lipinski definition) is 2. The van der Waals surface area contributed by atoms with E-state index in [1.54, 1.807) is 31.2 Å². The summed E-state index contributed by atoms with van der Waals surface area (Å²) in [6.07, 6.45) is 6.85. The standard InChI is InChI=1S/C17H23ClN2O2/c1-12(16(21)20-13-8-4-2-3-5-9-13)19-17(22)14-10-6-7-11-15(14)18/h6-7,10-13H,2-5,8-9H2,1H3,(H,19,22)(H,20,21)/t12-/m0/s1. The van der Waals surface area contributed by atoms with Gasteiger partial charge in [0.1, 0.15) is 6.04 Å². The van der Waals surface area contributed by atoms with E-state index < -0.39 is 6.04 Å². The van der Waals surface area contributed by atoms with Gasteiger partial charge in [0.2, 0.25) is 5.91 Å². The van der Waals surface area contributed by atoms with Gasteiger partial charge < -0.3 is 10.6 Å². The van der Waals surface area contributed by atoms with E-state index in [0.29, 0.717) is 10.6 Å². The van der Waals surface area contributed by atoms with E-state index in [9.17, 15) is 9.59 Å². The number of hydrogen-bond acceptors (Lipinski definition) is 2. The molecule has 1 fully saturated rings. The van der Waals surface area contributed by atoms with Crippen molar-refractivity contribution in [1.82, 2.24) is 10.6 Å². The summed E-state index contributed by atoms with van der Waals surface area (Å²) in [5.74, 6) is -0.457. The fourth-order valence-electron chi connectivity index (χ4n) is 2.74. The molecule has 0 aliphatic heterocycles. The molecule has 1 aromatic rings. The van der Waals surface area contributed by atoms with Crippen molar-refractivity contribution in [1.29, 1.82) is 0 Å². The monoisotopic (exact) mass is 322 g/mol. The third-order valence-corrected chi connectivity index (χ3v) is 4.39. The highest BCUT2D eigenvalue weighted by atomic mass is 35.5. The van der Waals surface area contributed by atoms with Gasteiger partial charge >= 0.3 is 0 Å². The Morgan fingerprint density at radius 1 is 1.14 bits per heavy atom. The molecule has 2 rings (SSSR count). The number of carbonyl (C=O) groups is 2. The second kappa shape index (κ2) is 8.18. The van der Waals surface area contributed by atoms with Crippen molar-refractivity contribution in [2.75, 3.05) is 0 Å². The first kappa shape index (κ1) is 16.8. The van der Waals surface area contributed by atoms with Crippen LogP contribution in [0.15, 0.2) is 24.3 Å². The van der Waals surface area contributed by atoms with Crippen molar-refractivity contribution in [3.05, 3.63) is 34.9 Å². The van der Waals surface area contributed by atoms with E-state index in [1.165, 1.54) is 12.8 Å². The van der Waals surface area contributed by atoms with Gasteiger partial charge in [-0.3, -0.25) is 9.59 Å². The first-order chi connectivity index (χ1) is 10.6. The first-order valence-electron chi connectivity index (χ1n) is 7.93. The summed E-state index contributed by atoms with van der Waals surface area (Å²) in [6.45, 7) is 1.70. The van der Waals surface area contributed by atoms with E-state index in [4.69, 9.17) is 11.6 Å². The smallest absolute Gasteiger partial charge is 0.253 e. The second-order valence-corrected chi connectivity index (χ2v) is 6.28. The van der Waals surface area contributed by atoms with Gasteiger partial charge in [-0.2, -0.15) is 0 Å². The lowest BCUT2D eigenvalue weighted by Gasteiger charge is -2.20. The van der Waals surface area contributed by atoms with Crippen LogP contribution in [-0.2, 0) is 4.79 Å². The lowest BCUT2D eigenvalue weighted by Crippen LogP contribution is -2.48. The molecule has 0 spiro atoms. The molecule has 22 heavy (non-hydrogen) atoms. The van der Waals surface area contributed by atoms with Gasteiger partial charge in [0.05, 0.1) is 10.6 Å². The van der Waals surface area contributed by atoms with Gasteiger partial charge in [-0.1, -0.05) is 49.4 Å². The number of rotatable bonds is 4. The van der Waals surface area contributed by atoms with Crippen LogP contribution in [0.5, 0.6) is 0 Å². The number of halogens is 1. The van der Waals surface area contributed by atoms with E-state index in [1.807, 2.05) is 0 Å². The Bertz CT molecular complexity index is 525. The van der Waals surface area contributed by atoms with Crippen molar-refractivity contribution in [3.8, 4) is 0 Å². The van der Waals surface area contributed by atoms with Crippen molar-refractivity contribution >= 4 is 23.4 Å². The molecule has 2 N–H and O–H groups in total. The molecule has 120 valence electrons. The van der Waals surface area contributed by atoms with Crippen LogP contribution >= 0.6 is 11.6 Å². The number of carbonyl (C=O) groups excluding carboxylic acids is 2. The summed E-state index contributed by atoms with van der Waals surface area (Å²) >= 11 is 5.99. The Morgan fingerprint density at radius 2 is 1.77 bits per heavy atom. The topological polar surface area (TPSA) is 58.2 Å². The highest BCUT2D eigenvalue weighted by Crippen LogP contribution is 2.17. The number of benzene rings is 1. The average molecular weight is 323 g/mol. The molecule has 0 bridgehead atoms. The number of amides is 2. The Labute approximate surface area is 136 Å². The molecule has 0 saturated heterocycles. The third-order valence-electron chi connectivity index (χ3n) is 4.06. The van der Waals surface area contributed by atoms with Crippen molar-refractivity contribution in [3.63, 3.8) is 0 Å². The molecule has 1 aromatic carbocycles. The SMILES string of the molecule is C[C@H](NC(=O)c1ccccc1Cl)C(=O)NC1CCCCCC1. The van der Waals surface area contributed by atoms with Gasteiger partial charge in [0, 0.05) is 6.04 Å². The molecule has 0 unspecified atom stereocenters. The minimum atomic E-state index is -0.577. The van der Waals surface area contributed by atoms with Crippen LogP contribution in [-0.4, -0.2) is 23.9 Å². The zero-order valence-corrected chi connectivity index (χ0v) is 13.7. The van der Waals surface area contributed by atoms with Crippen LogP contribution in [0.3, 0.4) is 0 Å². The largest absolute Gasteiger partial charge is 0.352 e. The summed E-state index contributed by atoms with van der Waals surface area (Å²) in [4.78, 5) is 24.4. The molecule has 0 heterocycles. The minimum absolute atomic E-state index is 0.132. The Hall–Kier alpha value is -1.55. The molecule has 0 radical (unpaired) electrons. The van der Waals surface area contributed by atoms with Crippen molar-refractivity contribution in [2.45, 2.75) is 57.5 Å². The molecular formula is C17H23ClN2O2. The normalized spacial score (nSPS) is 17.4. The summed E-state index contributed by atoms with van der Waals surface area (Å²) in [5.41, 5.74) is 0.387. The minimum Gasteiger partial charge on any atom is -0.352 e. The Morgan fingerprint density at radius 3 is 2.41 bits per heavy atom. The first-order valence-corrected chi connectivity index (χ1v) is 8.31. The fraction of sp³-hybridized carbons (Fsp3) is 0.529. The fourth-order valence-corrected chi connectivity index (χ4v) is 2.96. The molecule has 2 amide bonds. The van der Waals surface area contributed by atoms with Gasteiger partial charge in [-0.05, 0) is 31.9 Å². The molecule has 1 aliphatic rings. The van der Waals surface area contributed by atoms with Gasteiger partial charge in [0.25, 0.3) is 5.91 Å². The van der Waals surface area contributed by atoms with Crippen LogP contribution in [0.2, 0.25) is 5.02 Å². The summed E-state index contributed by atoms with van der Waals surface area (Å²) < 4.78 is 0. The zero-order valence-electron chi connectivity index (χ0n) is 12.9. The summed E-state index contributed by atoms with van der Waals surface area (Å²) in [7, 11) is 0. The highest BCUT2D eigenvalue weighted by molar-refractivity contribution is 6.33. The van der Waals surface area contributed by atoms with Gasteiger partial charge in [-0.15, -0.1) is 0 Å². The average Bonchev–Trinajstić information content (AvgIpc) is 2.76. The lowest BCUT2D eigenvalue weighted by molar-refractivity contribution is -0.123. The number of nitrogens with one attached hydrogen (secondary N) is 2. The zero-order chi connectivity index (χ0) is 15.9. The Kier molecular flexibility index (Phi) is 6.25. The van der Waals surface area contributed by atoms with Crippen LogP contribution in [0.25, 0.3) is 0 Å². The van der Waals surface area contributed by atoms with E-state index in [2.05, 4.69) is 10.6 Å². The van der Waals surface area contributed by atoms with Crippen LogP contribution in [0.1, 0.15) is 55.8 Å². The quantitative estimate of drug-likeness (QED) is 0.836.